The maximum absolute atomic E-state index is 12.7. The minimum atomic E-state index is -0.328. The van der Waals surface area contributed by atoms with Crippen molar-refractivity contribution in [3.8, 4) is 0 Å². The van der Waals surface area contributed by atoms with Crippen molar-refractivity contribution >= 4 is 11.8 Å². The van der Waals surface area contributed by atoms with Gasteiger partial charge in [0.1, 0.15) is 5.69 Å². The smallest absolute Gasteiger partial charge is 0.273 e. The Morgan fingerprint density at radius 2 is 2.20 bits per heavy atom. The zero-order chi connectivity index (χ0) is 17.9. The standard InChI is InChI=1S/C17H24N4O4/c1-25-8-7-20-11-17(5-3-15(20)23)4-2-6-21(12-17)16(24)13-9-19-14(22)10-18-13/h9-10H,2-8,11-12H2,1H3,(H,19,22)/t17-/m0/s1. The number of carbonyl (C=O) groups excluding carboxylic acids is 2. The van der Waals surface area contributed by atoms with Gasteiger partial charge in [0.05, 0.1) is 12.8 Å². The van der Waals surface area contributed by atoms with Crippen LogP contribution in [0, 0.1) is 5.41 Å². The quantitative estimate of drug-likeness (QED) is 0.842. The fourth-order valence-electron chi connectivity index (χ4n) is 3.84. The SMILES string of the molecule is COCCN1C[C@]2(CCCN(C(=O)c3c[nH]c(=O)cn3)C2)CCC1=O. The van der Waals surface area contributed by atoms with Gasteiger partial charge in [-0.1, -0.05) is 0 Å². The van der Waals surface area contributed by atoms with Crippen LogP contribution in [-0.4, -0.2) is 71.5 Å². The molecule has 2 aliphatic heterocycles. The molecule has 1 aromatic heterocycles. The average Bonchev–Trinajstić information content (AvgIpc) is 2.63. The first-order valence-corrected chi connectivity index (χ1v) is 8.64. The first-order chi connectivity index (χ1) is 12.0. The predicted octanol–water partition coefficient (Wildman–Crippen LogP) is 0.261. The number of aromatic amines is 1. The zero-order valence-corrected chi connectivity index (χ0v) is 14.5. The van der Waals surface area contributed by atoms with Crippen molar-refractivity contribution in [1.29, 1.82) is 0 Å². The van der Waals surface area contributed by atoms with E-state index in [0.717, 1.165) is 25.5 Å². The van der Waals surface area contributed by atoms with Crippen molar-refractivity contribution in [2.45, 2.75) is 25.7 Å². The molecule has 8 heteroatoms. The number of likely N-dealkylation sites (tertiary alicyclic amines) is 2. The molecule has 3 rings (SSSR count). The molecule has 0 aromatic carbocycles. The van der Waals surface area contributed by atoms with Crippen LogP contribution in [0.5, 0.6) is 0 Å². The first-order valence-electron chi connectivity index (χ1n) is 8.64. The fourth-order valence-corrected chi connectivity index (χ4v) is 3.84. The second kappa shape index (κ2) is 7.35. The van der Waals surface area contributed by atoms with Gasteiger partial charge in [-0.3, -0.25) is 14.4 Å². The molecule has 1 spiro atoms. The number of piperidine rings is 2. The summed E-state index contributed by atoms with van der Waals surface area (Å²) in [6.07, 6.45) is 5.72. The molecule has 1 atom stereocenters. The Bertz CT molecular complexity index is 684. The minimum absolute atomic E-state index is 0.0578. The molecule has 3 heterocycles. The molecule has 0 saturated carbocycles. The van der Waals surface area contributed by atoms with Gasteiger partial charge in [-0.25, -0.2) is 4.98 Å². The van der Waals surface area contributed by atoms with Crippen LogP contribution in [-0.2, 0) is 9.53 Å². The molecule has 25 heavy (non-hydrogen) atoms. The van der Waals surface area contributed by atoms with Crippen LogP contribution in [0.3, 0.4) is 0 Å². The van der Waals surface area contributed by atoms with Crippen molar-refractivity contribution in [1.82, 2.24) is 19.8 Å². The van der Waals surface area contributed by atoms with E-state index in [0.29, 0.717) is 39.2 Å². The maximum atomic E-state index is 12.7. The summed E-state index contributed by atoms with van der Waals surface area (Å²) in [6, 6.07) is 0. The second-order valence-electron chi connectivity index (χ2n) is 6.93. The van der Waals surface area contributed by atoms with E-state index >= 15 is 0 Å². The van der Waals surface area contributed by atoms with Gasteiger partial charge in [0.15, 0.2) is 0 Å². The number of methoxy groups -OCH3 is 1. The van der Waals surface area contributed by atoms with Crippen LogP contribution in [0.2, 0.25) is 0 Å². The average molecular weight is 348 g/mol. The third-order valence-corrected chi connectivity index (χ3v) is 5.15. The van der Waals surface area contributed by atoms with Crippen LogP contribution in [0.25, 0.3) is 0 Å². The zero-order valence-electron chi connectivity index (χ0n) is 14.5. The Morgan fingerprint density at radius 1 is 1.36 bits per heavy atom. The van der Waals surface area contributed by atoms with E-state index < -0.39 is 0 Å². The molecule has 2 aliphatic rings. The van der Waals surface area contributed by atoms with E-state index in [1.807, 2.05) is 4.90 Å². The van der Waals surface area contributed by atoms with Gasteiger partial charge in [0, 0.05) is 51.3 Å². The van der Waals surface area contributed by atoms with Crippen LogP contribution < -0.4 is 5.56 Å². The van der Waals surface area contributed by atoms with Gasteiger partial charge in [-0.05, 0) is 19.3 Å². The number of H-pyrrole nitrogens is 1. The molecule has 0 bridgehead atoms. The Balaban J connectivity index is 1.71. The molecular weight excluding hydrogens is 324 g/mol. The van der Waals surface area contributed by atoms with Gasteiger partial charge >= 0.3 is 0 Å². The number of amides is 2. The highest BCUT2D eigenvalue weighted by Gasteiger charge is 2.42. The molecule has 1 N–H and O–H groups in total. The molecule has 2 saturated heterocycles. The lowest BCUT2D eigenvalue weighted by Crippen LogP contribution is -2.55. The van der Waals surface area contributed by atoms with Crippen LogP contribution in [0.4, 0.5) is 0 Å². The van der Waals surface area contributed by atoms with E-state index in [1.165, 1.54) is 6.20 Å². The van der Waals surface area contributed by atoms with E-state index in [-0.39, 0.29) is 28.5 Å². The third kappa shape index (κ3) is 3.89. The van der Waals surface area contributed by atoms with Crippen molar-refractivity contribution in [3.05, 3.63) is 28.4 Å². The Morgan fingerprint density at radius 3 is 2.92 bits per heavy atom. The third-order valence-electron chi connectivity index (χ3n) is 5.15. The molecular formula is C17H24N4O4. The van der Waals surface area contributed by atoms with Gasteiger partial charge < -0.3 is 19.5 Å². The predicted molar refractivity (Wildman–Crippen MR) is 90.1 cm³/mol. The molecule has 1 aromatic rings. The molecule has 2 fully saturated rings. The lowest BCUT2D eigenvalue weighted by atomic mass is 9.73. The number of rotatable bonds is 4. The number of hydrogen-bond acceptors (Lipinski definition) is 5. The number of nitrogens with zero attached hydrogens (tertiary/aromatic N) is 3. The van der Waals surface area contributed by atoms with Crippen molar-refractivity contribution in [3.63, 3.8) is 0 Å². The highest BCUT2D eigenvalue weighted by molar-refractivity contribution is 5.92. The highest BCUT2D eigenvalue weighted by Crippen LogP contribution is 2.39. The van der Waals surface area contributed by atoms with Crippen LogP contribution in [0.1, 0.15) is 36.2 Å². The highest BCUT2D eigenvalue weighted by atomic mass is 16.5. The van der Waals surface area contributed by atoms with E-state index in [2.05, 4.69) is 9.97 Å². The lowest BCUT2D eigenvalue weighted by molar-refractivity contribution is -0.139. The first kappa shape index (κ1) is 17.6. The fraction of sp³-hybridized carbons (Fsp3) is 0.647. The van der Waals surface area contributed by atoms with E-state index in [9.17, 15) is 14.4 Å². The summed E-state index contributed by atoms with van der Waals surface area (Å²) in [5.74, 6) is -0.0101. The van der Waals surface area contributed by atoms with E-state index in [4.69, 9.17) is 4.74 Å². The monoisotopic (exact) mass is 348 g/mol. The summed E-state index contributed by atoms with van der Waals surface area (Å²) in [7, 11) is 1.63. The van der Waals surface area contributed by atoms with Crippen LogP contribution >= 0.6 is 0 Å². The molecule has 8 nitrogen and oxygen atoms in total. The topological polar surface area (TPSA) is 95.6 Å². The summed E-state index contributed by atoms with van der Waals surface area (Å²) >= 11 is 0. The minimum Gasteiger partial charge on any atom is -0.383 e. The molecule has 2 amide bonds. The summed E-state index contributed by atoms with van der Waals surface area (Å²) < 4.78 is 5.10. The molecule has 136 valence electrons. The van der Waals surface area contributed by atoms with Gasteiger partial charge in [-0.2, -0.15) is 0 Å². The normalized spacial score (nSPS) is 24.0. The number of nitrogens with one attached hydrogen (secondary N) is 1. The number of hydrogen-bond donors (Lipinski definition) is 1. The molecule has 0 aliphatic carbocycles. The van der Waals surface area contributed by atoms with Crippen molar-refractivity contribution in [2.24, 2.45) is 5.41 Å². The lowest BCUT2D eigenvalue weighted by Gasteiger charge is -2.48. The summed E-state index contributed by atoms with van der Waals surface area (Å²) in [6.45, 7) is 3.06. The number of carbonyl (C=O) groups is 2. The number of aromatic nitrogens is 2. The molecule has 0 radical (unpaired) electrons. The van der Waals surface area contributed by atoms with Gasteiger partial charge in [0.2, 0.25) is 5.91 Å². The number of ether oxygens (including phenoxy) is 1. The Labute approximate surface area is 146 Å². The van der Waals surface area contributed by atoms with Crippen LogP contribution in [0.15, 0.2) is 17.2 Å². The molecule has 0 unspecified atom stereocenters. The largest absolute Gasteiger partial charge is 0.383 e. The van der Waals surface area contributed by atoms with Crippen molar-refractivity contribution in [2.75, 3.05) is 39.9 Å². The van der Waals surface area contributed by atoms with E-state index in [1.54, 1.807) is 12.0 Å². The van der Waals surface area contributed by atoms with Crippen molar-refractivity contribution < 1.29 is 14.3 Å². The summed E-state index contributed by atoms with van der Waals surface area (Å²) in [5, 5.41) is 0. The summed E-state index contributed by atoms with van der Waals surface area (Å²) in [5.41, 5.74) is -0.136. The van der Waals surface area contributed by atoms with Gasteiger partial charge in [0.25, 0.3) is 11.5 Å². The maximum Gasteiger partial charge on any atom is 0.273 e. The van der Waals surface area contributed by atoms with Gasteiger partial charge in [-0.15, -0.1) is 0 Å². The Kier molecular flexibility index (Phi) is 5.17. The Hall–Kier alpha value is -2.22. The summed E-state index contributed by atoms with van der Waals surface area (Å²) in [4.78, 5) is 46.1. The second-order valence-corrected chi connectivity index (χ2v) is 6.93.